The van der Waals surface area contributed by atoms with Crippen LogP contribution < -0.4 is 15.2 Å². The molecule has 0 spiro atoms. The number of para-hydroxylation sites is 1. The van der Waals surface area contributed by atoms with Crippen LogP contribution in [0.5, 0.6) is 11.5 Å². The molecule has 184 valence electrons. The lowest BCUT2D eigenvalue weighted by molar-refractivity contribution is -0.122. The molecule has 3 rings (SSSR count). The summed E-state index contributed by atoms with van der Waals surface area (Å²) < 4.78 is 11.6. The van der Waals surface area contributed by atoms with E-state index in [2.05, 4.69) is 11.1 Å². The van der Waals surface area contributed by atoms with E-state index >= 15 is 0 Å². The van der Waals surface area contributed by atoms with Crippen LogP contribution >= 0.6 is 11.3 Å². The van der Waals surface area contributed by atoms with E-state index in [1.54, 1.807) is 17.4 Å². The lowest BCUT2D eigenvalue weighted by atomic mass is 9.99. The summed E-state index contributed by atoms with van der Waals surface area (Å²) in [6.45, 7) is 6.96. The number of nitriles is 1. The SMILES string of the molecule is Cc1nc(-c2ccc(OCCCCCOc3ccccc3C#N)cc2)c(C(N)CC(=O)C(C)C)s1. The molecule has 35 heavy (non-hydrogen) atoms. The molecule has 0 aliphatic heterocycles. The number of unbranched alkanes of at least 4 members (excludes halogenated alkanes) is 2. The zero-order valence-corrected chi connectivity index (χ0v) is 21.4. The molecule has 2 N–H and O–H groups in total. The first-order valence-electron chi connectivity index (χ1n) is 12.0. The molecule has 7 heteroatoms. The zero-order valence-electron chi connectivity index (χ0n) is 20.6. The Kier molecular flexibility index (Phi) is 9.83. The maximum absolute atomic E-state index is 12.2. The maximum Gasteiger partial charge on any atom is 0.137 e. The van der Waals surface area contributed by atoms with Gasteiger partial charge in [0.15, 0.2) is 0 Å². The van der Waals surface area contributed by atoms with Crippen molar-refractivity contribution in [1.29, 1.82) is 5.26 Å². The first-order valence-corrected chi connectivity index (χ1v) is 12.8. The van der Waals surface area contributed by atoms with Crippen molar-refractivity contribution in [2.24, 2.45) is 11.7 Å². The molecule has 0 aliphatic rings. The number of carbonyl (C=O) groups is 1. The molecule has 0 fully saturated rings. The molecule has 0 bridgehead atoms. The largest absolute Gasteiger partial charge is 0.494 e. The van der Waals surface area contributed by atoms with Gasteiger partial charge in [-0.15, -0.1) is 11.3 Å². The highest BCUT2D eigenvalue weighted by molar-refractivity contribution is 7.12. The summed E-state index contributed by atoms with van der Waals surface area (Å²) in [6.07, 6.45) is 3.11. The normalized spacial score (nSPS) is 11.8. The standard InChI is InChI=1S/C28H33N3O3S/c1-19(2)25(32)17-24(30)28-27(31-20(3)35-28)21-11-13-23(14-12-21)33-15-7-4-8-16-34-26-10-6-5-9-22(26)18-29/h5-6,9-14,19,24H,4,7-8,15-17,30H2,1-3H3. The minimum absolute atomic E-state index is 0.0252. The van der Waals surface area contributed by atoms with E-state index < -0.39 is 0 Å². The Balaban J connectivity index is 1.45. The summed E-state index contributed by atoms with van der Waals surface area (Å²) in [6, 6.07) is 16.9. The van der Waals surface area contributed by atoms with E-state index in [9.17, 15) is 4.79 Å². The smallest absolute Gasteiger partial charge is 0.137 e. The third-order valence-electron chi connectivity index (χ3n) is 5.61. The number of hydrogen-bond acceptors (Lipinski definition) is 7. The van der Waals surface area contributed by atoms with E-state index in [4.69, 9.17) is 20.5 Å². The number of nitrogens with zero attached hydrogens (tertiary/aromatic N) is 2. The van der Waals surface area contributed by atoms with E-state index in [0.29, 0.717) is 30.9 Å². The van der Waals surface area contributed by atoms with Crippen LogP contribution in [-0.2, 0) is 4.79 Å². The number of nitrogens with two attached hydrogens (primary N) is 1. The lowest BCUT2D eigenvalue weighted by Crippen LogP contribution is -2.18. The van der Waals surface area contributed by atoms with E-state index in [1.165, 1.54) is 0 Å². The van der Waals surface area contributed by atoms with Gasteiger partial charge in [0.1, 0.15) is 23.4 Å². The number of ketones is 1. The maximum atomic E-state index is 12.2. The van der Waals surface area contributed by atoms with Crippen LogP contribution in [0.4, 0.5) is 0 Å². The Morgan fingerprint density at radius 1 is 1.06 bits per heavy atom. The number of carbonyl (C=O) groups excluding carboxylic acids is 1. The Morgan fingerprint density at radius 3 is 2.43 bits per heavy atom. The second-order valence-corrected chi connectivity index (χ2v) is 10.0. The first-order chi connectivity index (χ1) is 16.9. The molecular weight excluding hydrogens is 458 g/mol. The van der Waals surface area contributed by atoms with Crippen LogP contribution in [-0.4, -0.2) is 24.0 Å². The van der Waals surface area contributed by atoms with Gasteiger partial charge in [0.25, 0.3) is 0 Å². The van der Waals surface area contributed by atoms with Gasteiger partial charge in [-0.25, -0.2) is 4.98 Å². The number of aromatic nitrogens is 1. The average molecular weight is 492 g/mol. The lowest BCUT2D eigenvalue weighted by Gasteiger charge is -2.13. The number of rotatable bonds is 13. The molecular formula is C28H33N3O3S. The second-order valence-electron chi connectivity index (χ2n) is 8.77. The highest BCUT2D eigenvalue weighted by Crippen LogP contribution is 2.34. The van der Waals surface area contributed by atoms with E-state index in [0.717, 1.165) is 46.2 Å². The quantitative estimate of drug-likeness (QED) is 0.284. The van der Waals surface area contributed by atoms with Gasteiger partial charge in [0.2, 0.25) is 0 Å². The molecule has 0 saturated carbocycles. The summed E-state index contributed by atoms with van der Waals surface area (Å²) in [7, 11) is 0. The van der Waals surface area contributed by atoms with Crippen LogP contribution in [0.1, 0.15) is 61.0 Å². The molecule has 0 aliphatic carbocycles. The Hall–Kier alpha value is -3.21. The monoisotopic (exact) mass is 491 g/mol. The van der Waals surface area contributed by atoms with Crippen LogP contribution in [0.15, 0.2) is 48.5 Å². The van der Waals surface area contributed by atoms with Crippen molar-refractivity contribution in [3.63, 3.8) is 0 Å². The fourth-order valence-electron chi connectivity index (χ4n) is 3.59. The second kappa shape index (κ2) is 13.0. The highest BCUT2D eigenvalue weighted by atomic mass is 32.1. The molecule has 3 aromatic rings. The Labute approximate surface area is 211 Å². The molecule has 1 unspecified atom stereocenters. The van der Waals surface area contributed by atoms with Crippen molar-refractivity contribution in [3.8, 4) is 28.8 Å². The molecule has 0 amide bonds. The molecule has 0 radical (unpaired) electrons. The van der Waals surface area contributed by atoms with Crippen LogP contribution in [0.2, 0.25) is 0 Å². The molecule has 6 nitrogen and oxygen atoms in total. The topological polar surface area (TPSA) is 98.2 Å². The number of hydrogen-bond donors (Lipinski definition) is 1. The van der Waals surface area contributed by atoms with Crippen molar-refractivity contribution in [3.05, 3.63) is 64.0 Å². The van der Waals surface area contributed by atoms with Crippen molar-refractivity contribution in [2.75, 3.05) is 13.2 Å². The molecule has 0 saturated heterocycles. The van der Waals surface area contributed by atoms with Gasteiger partial charge < -0.3 is 15.2 Å². The third kappa shape index (κ3) is 7.64. The number of benzene rings is 2. The van der Waals surface area contributed by atoms with Gasteiger partial charge in [0, 0.05) is 28.8 Å². The van der Waals surface area contributed by atoms with Gasteiger partial charge >= 0.3 is 0 Å². The highest BCUT2D eigenvalue weighted by Gasteiger charge is 2.21. The minimum Gasteiger partial charge on any atom is -0.494 e. The Morgan fingerprint density at radius 2 is 1.74 bits per heavy atom. The van der Waals surface area contributed by atoms with Crippen molar-refractivity contribution >= 4 is 17.1 Å². The van der Waals surface area contributed by atoms with Gasteiger partial charge in [-0.05, 0) is 62.6 Å². The van der Waals surface area contributed by atoms with Crippen molar-refractivity contribution < 1.29 is 14.3 Å². The average Bonchev–Trinajstić information content (AvgIpc) is 3.25. The molecule has 1 atom stereocenters. The first kappa shape index (κ1) is 26.4. The summed E-state index contributed by atoms with van der Waals surface area (Å²) in [4.78, 5) is 17.8. The number of Topliss-reactive ketones (excluding diaryl/α,β-unsaturated/α-hetero) is 1. The van der Waals surface area contributed by atoms with E-state index in [1.807, 2.05) is 63.2 Å². The fraction of sp³-hybridized carbons (Fsp3) is 0.393. The molecule has 2 aromatic carbocycles. The number of ether oxygens (including phenoxy) is 2. The van der Waals surface area contributed by atoms with Crippen molar-refractivity contribution in [1.82, 2.24) is 4.98 Å². The van der Waals surface area contributed by atoms with Crippen LogP contribution in [0, 0.1) is 24.2 Å². The van der Waals surface area contributed by atoms with E-state index in [-0.39, 0.29) is 17.7 Å². The summed E-state index contributed by atoms with van der Waals surface area (Å²) in [5.74, 6) is 1.58. The van der Waals surface area contributed by atoms with Crippen molar-refractivity contribution in [2.45, 2.75) is 52.5 Å². The molecule has 1 aromatic heterocycles. The Bertz CT molecular complexity index is 1150. The van der Waals surface area contributed by atoms with Gasteiger partial charge in [-0.3, -0.25) is 4.79 Å². The van der Waals surface area contributed by atoms with Crippen LogP contribution in [0.25, 0.3) is 11.3 Å². The summed E-state index contributed by atoms with van der Waals surface area (Å²) >= 11 is 1.55. The van der Waals surface area contributed by atoms with Gasteiger partial charge in [-0.1, -0.05) is 26.0 Å². The minimum atomic E-state index is -0.348. The predicted molar refractivity (Wildman–Crippen MR) is 140 cm³/mol. The summed E-state index contributed by atoms with van der Waals surface area (Å²) in [5, 5.41) is 10.0. The molecule has 1 heterocycles. The van der Waals surface area contributed by atoms with Gasteiger partial charge in [-0.2, -0.15) is 5.26 Å². The predicted octanol–water partition coefficient (Wildman–Crippen LogP) is 6.23. The summed E-state index contributed by atoms with van der Waals surface area (Å²) in [5.41, 5.74) is 8.76. The zero-order chi connectivity index (χ0) is 25.2. The third-order valence-corrected chi connectivity index (χ3v) is 6.72. The fourth-order valence-corrected chi connectivity index (χ4v) is 4.54. The number of thiazole rings is 1. The number of aryl methyl sites for hydroxylation is 1. The van der Waals surface area contributed by atoms with Gasteiger partial charge in [0.05, 0.1) is 29.5 Å². The van der Waals surface area contributed by atoms with Crippen LogP contribution in [0.3, 0.4) is 0 Å².